The van der Waals surface area contributed by atoms with Gasteiger partial charge in [0, 0.05) is 200 Å². The van der Waals surface area contributed by atoms with Crippen molar-refractivity contribution in [2.24, 2.45) is 0 Å². The largest absolute Gasteiger partial charge is 0.514 e. The number of hydrogen-bond acceptors (Lipinski definition) is 13. The quantitative estimate of drug-likeness (QED) is 0.109. The second-order valence-electron chi connectivity index (χ2n) is 21.2. The molecule has 2 aliphatic heterocycles. The first-order valence-corrected chi connectivity index (χ1v) is 30.3. The van der Waals surface area contributed by atoms with Crippen LogP contribution in [0.3, 0.4) is 0 Å². The number of halogens is 10. The van der Waals surface area contributed by atoms with E-state index in [1.165, 1.54) is 54.6 Å². The molecule has 2 N–H and O–H groups in total. The van der Waals surface area contributed by atoms with Gasteiger partial charge in [0.2, 0.25) is 0 Å². The fourth-order valence-electron chi connectivity index (χ4n) is 8.90. The molecule has 574 valence electrons. The molecule has 109 heavy (non-hydrogen) atoms. The molecule has 0 saturated carbocycles. The van der Waals surface area contributed by atoms with Gasteiger partial charge < -0.3 is 50.0 Å². The van der Waals surface area contributed by atoms with Crippen molar-refractivity contribution in [2.45, 2.75) is 12.4 Å². The maximum absolute atomic E-state index is 14.0. The number of hydrogen-bond donors (Lipinski definition) is 2. The van der Waals surface area contributed by atoms with E-state index in [4.69, 9.17) is 15.6 Å². The fourth-order valence-corrected chi connectivity index (χ4v) is 8.90. The van der Waals surface area contributed by atoms with Crippen LogP contribution < -0.4 is 20.0 Å². The van der Waals surface area contributed by atoms with Crippen LogP contribution in [0.2, 0.25) is 0 Å². The summed E-state index contributed by atoms with van der Waals surface area (Å²) >= 11 is 0. The molecule has 7 heterocycles. The molecular formula is C79H54F10Ir6N12O2-8. The molecule has 0 atom stereocenters. The molecule has 0 saturated heterocycles. The van der Waals surface area contributed by atoms with E-state index in [1.54, 1.807) is 73.1 Å². The molecule has 30 heteroatoms. The van der Waals surface area contributed by atoms with Crippen molar-refractivity contribution in [1.82, 2.24) is 29.8 Å². The minimum atomic E-state index is -4.91. The Hall–Kier alpha value is -9.32. The Morgan fingerprint density at radius 1 is 0.541 bits per heavy atom. The van der Waals surface area contributed by atoms with Crippen molar-refractivity contribution in [3.8, 4) is 57.2 Å². The van der Waals surface area contributed by atoms with E-state index in [9.17, 15) is 48.7 Å². The molecule has 12 aromatic rings. The molecule has 5 aromatic heterocycles. The van der Waals surface area contributed by atoms with E-state index in [1.807, 2.05) is 147 Å². The number of pyridine rings is 5. The fraction of sp³-hybridized carbons (Fsp3) is 0.0633. The van der Waals surface area contributed by atoms with Crippen LogP contribution >= 0.6 is 0 Å². The SMILES string of the molecule is CN(C)c1ccnc(-c2[c-]cc(F)c(C#N)c2F)c1.CN1C=CN(c2[c-]cccc2)[CH-]1.FC(F)(F)c1[c-]c(-c2ccccn2)cc(C(F)(F)F)c1.Fc1c[c-]c(-c2ccccn2)c(F)c1.N#Cc1cc[c-]c(-c2ccccn2)c1.O=C(O)c1ccccn1.[Ir].[Ir].[Ir].[Ir].[Ir].[Ir].[c-]1ccccc1N1[CH-]Nc2ccccc21. The average molecular weight is 2550 g/mol. The number of rotatable bonds is 8. The molecule has 0 amide bonds. The number of para-hydroxylation sites is 4. The number of alkyl halides is 6. The molecule has 14 rings (SSSR count). The van der Waals surface area contributed by atoms with Crippen molar-refractivity contribution in [3.63, 3.8) is 0 Å². The van der Waals surface area contributed by atoms with Crippen LogP contribution in [0.15, 0.2) is 250 Å². The van der Waals surface area contributed by atoms with Crippen molar-refractivity contribution in [3.05, 3.63) is 351 Å². The summed E-state index contributed by atoms with van der Waals surface area (Å²) in [6.45, 7) is 3.96. The van der Waals surface area contributed by atoms with Gasteiger partial charge in [-0.25, -0.2) is 9.78 Å². The van der Waals surface area contributed by atoms with Gasteiger partial charge in [-0.1, -0.05) is 77.9 Å². The third kappa shape index (κ3) is 29.2. The van der Waals surface area contributed by atoms with E-state index in [-0.39, 0.29) is 155 Å². The number of aromatic nitrogens is 5. The van der Waals surface area contributed by atoms with Crippen molar-refractivity contribution < 1.29 is 174 Å². The van der Waals surface area contributed by atoms with Gasteiger partial charge in [0.25, 0.3) is 0 Å². The van der Waals surface area contributed by atoms with E-state index in [0.717, 1.165) is 52.2 Å². The summed E-state index contributed by atoms with van der Waals surface area (Å²) in [5.41, 5.74) is 4.72. The van der Waals surface area contributed by atoms with E-state index >= 15 is 0 Å². The number of carboxylic acid groups (broad SMARTS) is 1. The number of carboxylic acids is 1. The first-order valence-electron chi connectivity index (χ1n) is 30.3. The Morgan fingerprint density at radius 3 is 1.62 bits per heavy atom. The molecule has 0 fully saturated rings. The van der Waals surface area contributed by atoms with Crippen LogP contribution in [-0.4, -0.2) is 62.0 Å². The second kappa shape index (κ2) is 47.6. The van der Waals surface area contributed by atoms with E-state index in [0.29, 0.717) is 23.0 Å². The Balaban J connectivity index is 0.000000432. The van der Waals surface area contributed by atoms with Gasteiger partial charge in [-0.15, -0.1) is 89.2 Å². The summed E-state index contributed by atoms with van der Waals surface area (Å²) in [5.74, 6) is -4.14. The third-order valence-electron chi connectivity index (χ3n) is 13.8. The smallest absolute Gasteiger partial charge is 0.399 e. The maximum atomic E-state index is 14.0. The zero-order chi connectivity index (χ0) is 73.9. The summed E-state index contributed by atoms with van der Waals surface area (Å²) < 4.78 is 129. The second-order valence-corrected chi connectivity index (χ2v) is 21.2. The molecule has 14 nitrogen and oxygen atoms in total. The number of nitriles is 2. The summed E-state index contributed by atoms with van der Waals surface area (Å²) in [5, 5.41) is 29.0. The molecule has 2 aliphatic rings. The van der Waals surface area contributed by atoms with E-state index < -0.39 is 58.3 Å². The van der Waals surface area contributed by atoms with Crippen molar-refractivity contribution in [1.29, 1.82) is 10.5 Å². The van der Waals surface area contributed by atoms with Crippen molar-refractivity contribution in [2.75, 3.05) is 41.2 Å². The Morgan fingerprint density at radius 2 is 1.11 bits per heavy atom. The number of carbonyl (C=O) groups is 1. The van der Waals surface area contributed by atoms with Crippen LogP contribution in [-0.2, 0) is 133 Å². The molecule has 0 spiro atoms. The molecule has 0 unspecified atom stereocenters. The predicted octanol–water partition coefficient (Wildman–Crippen LogP) is 18.4. The first-order chi connectivity index (χ1) is 49.5. The molecule has 0 bridgehead atoms. The Labute approximate surface area is 704 Å². The topological polar surface area (TPSA) is 174 Å². The molecular weight excluding hydrogens is 2490 g/mol. The number of anilines is 5. The molecule has 7 aromatic carbocycles. The number of fused-ring (bicyclic) bond motifs is 1. The zero-order valence-electron chi connectivity index (χ0n) is 56.4. The van der Waals surface area contributed by atoms with Gasteiger partial charge in [-0.2, -0.15) is 111 Å². The van der Waals surface area contributed by atoms with Crippen molar-refractivity contribution >= 4 is 34.4 Å². The van der Waals surface area contributed by atoms with Gasteiger partial charge in [-0.3, -0.25) is 17.6 Å². The number of nitrogens with one attached hydrogen (secondary N) is 1. The van der Waals surface area contributed by atoms with Crippen LogP contribution in [0.1, 0.15) is 32.7 Å². The number of nitrogens with zero attached hydrogens (tertiary/aromatic N) is 11. The normalized spacial score (nSPS) is 10.9. The third-order valence-corrected chi connectivity index (χ3v) is 13.8. The van der Waals surface area contributed by atoms with Gasteiger partial charge in [0.1, 0.15) is 5.69 Å². The van der Waals surface area contributed by atoms with Crippen LogP contribution in [0.25, 0.3) is 45.0 Å². The monoisotopic (exact) mass is 2550 g/mol. The minimum Gasteiger partial charge on any atom is -0.514 e. The predicted molar refractivity (Wildman–Crippen MR) is 370 cm³/mol. The number of benzene rings is 7. The standard InChI is InChI=1S/C14H10F2N3.C13H6F6N.C13H10N2.C12H7N2.C11H6F2N.C10H10N2.C6H5NO2.6Ir/c1-19(2)9-5-6-18-13(7-9)10-3-4-12(15)11(8-17)14(10)16;14-12(15,16)9-5-8(11-3-1-2-4-20-11)6-10(7-9)13(17,18)19;1-2-6-11(7-3-1)15-10-14-12-8-4-5-9-13(12)15;13-9-10-4-3-5-11(8-10)12-6-1-2-7-14-12;12-8-4-5-9(10(13)7-8)11-3-1-2-6-14-11;1-11-7-8-12(9-11)10-5-3-2-4-6-10;8-6(9)5-3-1-2-4-7-5;;;;;;/h4-7H,1-2H3;1-5,7H;1-6,8-10,14H;1-4,6-8H;1-4,6-7H;2-5,7-9H,1H3;1-4H,(H,8,9);;;;;;/q2*-1;-2;2*-1;-2;;;;;;;. The molecule has 0 aliphatic carbocycles. The van der Waals surface area contributed by atoms with Crippen LogP contribution in [0.4, 0.5) is 72.3 Å². The number of aromatic carboxylic acids is 1. The van der Waals surface area contributed by atoms with Gasteiger partial charge in [0.05, 0.1) is 23.8 Å². The van der Waals surface area contributed by atoms with Gasteiger partial charge in [-0.05, 0) is 107 Å². The molecule has 6 radical (unpaired) electrons. The Kier molecular flexibility index (Phi) is 41.8. The summed E-state index contributed by atoms with van der Waals surface area (Å²) in [4.78, 5) is 37.6. The van der Waals surface area contributed by atoms with Gasteiger partial charge >= 0.3 is 18.3 Å². The van der Waals surface area contributed by atoms with Crippen LogP contribution in [0.5, 0.6) is 0 Å². The zero-order valence-corrected chi connectivity index (χ0v) is 70.8. The summed E-state index contributed by atoms with van der Waals surface area (Å²) in [6, 6.07) is 75.9. The Bertz CT molecular complexity index is 4820. The average Bonchev–Trinajstić information content (AvgIpc) is 1.63. The first kappa shape index (κ1) is 95.8. The minimum absolute atomic E-state index is 0. The summed E-state index contributed by atoms with van der Waals surface area (Å²) in [7, 11) is 5.68. The van der Waals surface area contributed by atoms with E-state index in [2.05, 4.69) is 83.7 Å². The maximum Gasteiger partial charge on any atom is 0.399 e. The van der Waals surface area contributed by atoms with Gasteiger partial charge in [0.15, 0.2) is 0 Å². The van der Waals surface area contributed by atoms with Crippen LogP contribution in [0, 0.1) is 95.7 Å². The summed E-state index contributed by atoms with van der Waals surface area (Å²) in [6.07, 6.45) is 1.73.